The Morgan fingerprint density at radius 1 is 1.13 bits per heavy atom. The number of halogens is 1. The molecule has 2 unspecified atom stereocenters. The van der Waals surface area contributed by atoms with Gasteiger partial charge in [0.1, 0.15) is 5.75 Å². The number of ether oxygens (including phenoxy) is 2. The third-order valence-corrected chi connectivity index (χ3v) is 6.04. The zero-order valence-corrected chi connectivity index (χ0v) is 21.6. The maximum Gasteiger partial charge on any atom is 0.191 e. The van der Waals surface area contributed by atoms with Gasteiger partial charge in [-0.1, -0.05) is 19.1 Å². The Labute approximate surface area is 205 Å². The summed E-state index contributed by atoms with van der Waals surface area (Å²) in [6.45, 7) is 11.2. The standard InChI is InChI=1S/C23H39N5O2.HI/c1-19(18-27-11-13-30-14-12-27)16-25-23(24-2)26-17-22(28-9-4-5-10-28)20-7-6-8-21(15-20)29-3;/h6-8,15,19,22H,4-5,9-14,16-18H2,1-3H3,(H2,24,25,26);1H. The second kappa shape index (κ2) is 14.1. The summed E-state index contributed by atoms with van der Waals surface area (Å²) in [6, 6.07) is 8.76. The van der Waals surface area contributed by atoms with E-state index in [-0.39, 0.29) is 24.0 Å². The van der Waals surface area contributed by atoms with Crippen molar-refractivity contribution in [3.63, 3.8) is 0 Å². The SMILES string of the molecule is CN=C(NCC(C)CN1CCOCC1)NCC(c1cccc(OC)c1)N1CCCC1.I. The van der Waals surface area contributed by atoms with Gasteiger partial charge in [0.2, 0.25) is 0 Å². The fraction of sp³-hybridized carbons (Fsp3) is 0.696. The minimum absolute atomic E-state index is 0. The van der Waals surface area contributed by atoms with Gasteiger partial charge in [-0.3, -0.25) is 14.8 Å². The number of likely N-dealkylation sites (tertiary alicyclic amines) is 1. The summed E-state index contributed by atoms with van der Waals surface area (Å²) in [7, 11) is 3.57. The molecule has 2 aliphatic heterocycles. The number of methoxy groups -OCH3 is 1. The monoisotopic (exact) mass is 545 g/mol. The number of nitrogens with one attached hydrogen (secondary N) is 2. The molecule has 8 heteroatoms. The van der Waals surface area contributed by atoms with E-state index in [1.807, 2.05) is 13.1 Å². The molecule has 2 saturated heterocycles. The zero-order chi connectivity index (χ0) is 21.2. The number of benzene rings is 1. The normalized spacial score (nSPS) is 20.0. The highest BCUT2D eigenvalue weighted by Crippen LogP contribution is 2.27. The number of guanidine groups is 1. The molecule has 0 aromatic heterocycles. The van der Waals surface area contributed by atoms with Gasteiger partial charge < -0.3 is 20.1 Å². The summed E-state index contributed by atoms with van der Waals surface area (Å²) in [5, 5.41) is 7.08. The fourth-order valence-corrected chi connectivity index (χ4v) is 4.33. The second-order valence-electron chi connectivity index (χ2n) is 8.39. The minimum atomic E-state index is 0. The zero-order valence-electron chi connectivity index (χ0n) is 19.3. The summed E-state index contributed by atoms with van der Waals surface area (Å²) in [5.41, 5.74) is 1.29. The molecule has 0 bridgehead atoms. The predicted molar refractivity (Wildman–Crippen MR) is 138 cm³/mol. The van der Waals surface area contributed by atoms with Crippen molar-refractivity contribution >= 4 is 29.9 Å². The van der Waals surface area contributed by atoms with Gasteiger partial charge in [-0.2, -0.15) is 0 Å². The van der Waals surface area contributed by atoms with E-state index < -0.39 is 0 Å². The van der Waals surface area contributed by atoms with Crippen molar-refractivity contribution in [3.8, 4) is 5.75 Å². The van der Waals surface area contributed by atoms with Crippen molar-refractivity contribution in [2.75, 3.05) is 73.2 Å². The van der Waals surface area contributed by atoms with E-state index in [0.29, 0.717) is 12.0 Å². The lowest BCUT2D eigenvalue weighted by Crippen LogP contribution is -2.45. The molecule has 0 radical (unpaired) electrons. The first-order valence-corrected chi connectivity index (χ1v) is 11.3. The van der Waals surface area contributed by atoms with Gasteiger partial charge in [-0.15, -0.1) is 24.0 Å². The average molecular weight is 546 g/mol. The molecule has 2 N–H and O–H groups in total. The van der Waals surface area contributed by atoms with Gasteiger partial charge in [0.25, 0.3) is 0 Å². The number of nitrogens with zero attached hydrogens (tertiary/aromatic N) is 3. The highest BCUT2D eigenvalue weighted by molar-refractivity contribution is 14.0. The Bertz CT molecular complexity index is 663. The predicted octanol–water partition coefficient (Wildman–Crippen LogP) is 2.58. The van der Waals surface area contributed by atoms with Crippen LogP contribution < -0.4 is 15.4 Å². The number of hydrogen-bond donors (Lipinski definition) is 2. The summed E-state index contributed by atoms with van der Waals surface area (Å²) in [5.74, 6) is 2.33. The Kier molecular flexibility index (Phi) is 11.9. The maximum absolute atomic E-state index is 5.45. The largest absolute Gasteiger partial charge is 0.497 e. The number of morpholine rings is 1. The van der Waals surface area contributed by atoms with Crippen LogP contribution in [0.4, 0.5) is 0 Å². The highest BCUT2D eigenvalue weighted by atomic mass is 127. The van der Waals surface area contributed by atoms with Gasteiger partial charge in [0, 0.05) is 39.8 Å². The lowest BCUT2D eigenvalue weighted by atomic mass is 10.1. The van der Waals surface area contributed by atoms with Crippen molar-refractivity contribution in [2.24, 2.45) is 10.9 Å². The van der Waals surface area contributed by atoms with Crippen molar-refractivity contribution < 1.29 is 9.47 Å². The van der Waals surface area contributed by atoms with Crippen molar-refractivity contribution in [2.45, 2.75) is 25.8 Å². The van der Waals surface area contributed by atoms with Gasteiger partial charge in [0.05, 0.1) is 26.4 Å². The van der Waals surface area contributed by atoms with E-state index >= 15 is 0 Å². The molecule has 0 spiro atoms. The van der Waals surface area contributed by atoms with Crippen LogP contribution in [0, 0.1) is 5.92 Å². The lowest BCUT2D eigenvalue weighted by Gasteiger charge is -2.30. The molecule has 0 aliphatic carbocycles. The van der Waals surface area contributed by atoms with Crippen LogP contribution in [0.3, 0.4) is 0 Å². The van der Waals surface area contributed by atoms with E-state index in [1.165, 1.54) is 18.4 Å². The van der Waals surface area contributed by atoms with Crippen LogP contribution in [0.5, 0.6) is 5.75 Å². The molecular weight excluding hydrogens is 505 g/mol. The van der Waals surface area contributed by atoms with Crippen LogP contribution in [0.15, 0.2) is 29.3 Å². The van der Waals surface area contributed by atoms with Gasteiger partial charge in [-0.25, -0.2) is 0 Å². The van der Waals surface area contributed by atoms with E-state index in [1.54, 1.807) is 7.11 Å². The van der Waals surface area contributed by atoms with Crippen LogP contribution in [0.2, 0.25) is 0 Å². The van der Waals surface area contributed by atoms with Crippen LogP contribution in [-0.4, -0.2) is 88.9 Å². The molecule has 2 atom stereocenters. The molecule has 0 amide bonds. The molecule has 0 saturated carbocycles. The number of hydrogen-bond acceptors (Lipinski definition) is 5. The van der Waals surface area contributed by atoms with Crippen molar-refractivity contribution in [3.05, 3.63) is 29.8 Å². The molecular formula is C23H40IN5O2. The van der Waals surface area contributed by atoms with Gasteiger partial charge in [0.15, 0.2) is 5.96 Å². The van der Waals surface area contributed by atoms with Gasteiger partial charge >= 0.3 is 0 Å². The van der Waals surface area contributed by atoms with E-state index in [4.69, 9.17) is 9.47 Å². The first-order chi connectivity index (χ1) is 14.7. The third kappa shape index (κ3) is 8.40. The quantitative estimate of drug-likeness (QED) is 0.283. The lowest BCUT2D eigenvalue weighted by molar-refractivity contribution is 0.0320. The Morgan fingerprint density at radius 3 is 2.52 bits per heavy atom. The van der Waals surface area contributed by atoms with E-state index in [2.05, 4.69) is 50.5 Å². The topological polar surface area (TPSA) is 61.4 Å². The molecule has 2 fully saturated rings. The van der Waals surface area contributed by atoms with Crippen LogP contribution in [-0.2, 0) is 4.74 Å². The summed E-state index contributed by atoms with van der Waals surface area (Å²) < 4.78 is 10.9. The van der Waals surface area contributed by atoms with E-state index in [9.17, 15) is 0 Å². The molecule has 3 rings (SSSR count). The average Bonchev–Trinajstić information content (AvgIpc) is 3.31. The summed E-state index contributed by atoms with van der Waals surface area (Å²) in [6.07, 6.45) is 2.54. The van der Waals surface area contributed by atoms with Gasteiger partial charge in [-0.05, 0) is 49.5 Å². The fourth-order valence-electron chi connectivity index (χ4n) is 4.33. The number of aliphatic imine (C=N–C) groups is 1. The Balaban J connectivity index is 0.00000341. The molecule has 176 valence electrons. The molecule has 2 heterocycles. The Hall–Kier alpha value is -1.10. The second-order valence-corrected chi connectivity index (χ2v) is 8.39. The summed E-state index contributed by atoms with van der Waals surface area (Å²) >= 11 is 0. The molecule has 1 aromatic carbocycles. The Morgan fingerprint density at radius 2 is 1.84 bits per heavy atom. The van der Waals surface area contributed by atoms with Crippen LogP contribution in [0.25, 0.3) is 0 Å². The van der Waals surface area contributed by atoms with E-state index in [0.717, 1.165) is 70.7 Å². The minimum Gasteiger partial charge on any atom is -0.497 e. The molecule has 7 nitrogen and oxygen atoms in total. The molecule has 31 heavy (non-hydrogen) atoms. The van der Waals surface area contributed by atoms with Crippen molar-refractivity contribution in [1.29, 1.82) is 0 Å². The summed E-state index contributed by atoms with van der Waals surface area (Å²) in [4.78, 5) is 9.50. The van der Waals surface area contributed by atoms with Crippen LogP contribution >= 0.6 is 24.0 Å². The molecule has 2 aliphatic rings. The smallest absolute Gasteiger partial charge is 0.191 e. The third-order valence-electron chi connectivity index (χ3n) is 6.04. The van der Waals surface area contributed by atoms with Crippen molar-refractivity contribution in [1.82, 2.24) is 20.4 Å². The first-order valence-electron chi connectivity index (χ1n) is 11.3. The number of rotatable bonds is 9. The molecule has 1 aromatic rings. The first kappa shape index (κ1) is 26.2. The maximum atomic E-state index is 5.45. The van der Waals surface area contributed by atoms with Crippen LogP contribution in [0.1, 0.15) is 31.4 Å². The highest BCUT2D eigenvalue weighted by Gasteiger charge is 2.24.